The van der Waals surface area contributed by atoms with Crippen molar-refractivity contribution in [3.63, 3.8) is 0 Å². The van der Waals surface area contributed by atoms with Crippen LogP contribution in [0.1, 0.15) is 18.9 Å². The zero-order valence-corrected chi connectivity index (χ0v) is 9.29. The van der Waals surface area contributed by atoms with Crippen LogP contribution in [0.4, 0.5) is 0 Å². The average molecular weight is 225 g/mol. The maximum Gasteiger partial charge on any atom is 0.314 e. The summed E-state index contributed by atoms with van der Waals surface area (Å²) in [5.74, 6) is -0.857. The molecule has 1 atom stereocenters. The van der Waals surface area contributed by atoms with Crippen LogP contribution in [0.3, 0.4) is 0 Å². The Balaban J connectivity index is 3.14. The van der Waals surface area contributed by atoms with E-state index in [1.54, 1.807) is 37.3 Å². The summed E-state index contributed by atoms with van der Waals surface area (Å²) in [7, 11) is 0. The number of aliphatic carboxylic acids is 1. The van der Waals surface area contributed by atoms with Crippen LogP contribution in [-0.4, -0.2) is 11.1 Å². The molecule has 0 saturated heterocycles. The monoisotopic (exact) mass is 224 g/mol. The maximum atomic E-state index is 11.2. The van der Waals surface area contributed by atoms with Crippen LogP contribution >= 0.6 is 11.6 Å². The van der Waals surface area contributed by atoms with Crippen LogP contribution in [0.25, 0.3) is 0 Å². The summed E-state index contributed by atoms with van der Waals surface area (Å²) in [6.45, 7) is 5.26. The number of benzene rings is 1. The quantitative estimate of drug-likeness (QED) is 0.798. The summed E-state index contributed by atoms with van der Waals surface area (Å²) < 4.78 is 0. The van der Waals surface area contributed by atoms with Crippen molar-refractivity contribution in [2.45, 2.75) is 18.8 Å². The van der Waals surface area contributed by atoms with Gasteiger partial charge in [0.05, 0.1) is 5.41 Å². The fourth-order valence-corrected chi connectivity index (χ4v) is 1.56. The molecule has 1 N–H and O–H groups in total. The third kappa shape index (κ3) is 2.39. The number of allylic oxidation sites excluding steroid dienone is 1. The Hall–Kier alpha value is -1.28. The topological polar surface area (TPSA) is 37.3 Å². The van der Waals surface area contributed by atoms with Gasteiger partial charge in [-0.1, -0.05) is 29.8 Å². The highest BCUT2D eigenvalue weighted by molar-refractivity contribution is 6.30. The van der Waals surface area contributed by atoms with Gasteiger partial charge in [0.25, 0.3) is 0 Å². The summed E-state index contributed by atoms with van der Waals surface area (Å²) in [5.41, 5.74) is -0.189. The number of hydrogen-bond donors (Lipinski definition) is 1. The second-order valence-corrected chi connectivity index (χ2v) is 4.07. The first-order chi connectivity index (χ1) is 7.00. The summed E-state index contributed by atoms with van der Waals surface area (Å²) in [6, 6.07) is 6.86. The van der Waals surface area contributed by atoms with Gasteiger partial charge in [0.2, 0.25) is 0 Å². The number of carboxylic acid groups (broad SMARTS) is 1. The molecule has 0 heterocycles. The SMILES string of the molecule is C=CCC(C)(C(=O)O)c1ccc(Cl)cc1. The van der Waals surface area contributed by atoms with Crippen LogP contribution < -0.4 is 0 Å². The largest absolute Gasteiger partial charge is 0.481 e. The lowest BCUT2D eigenvalue weighted by Crippen LogP contribution is -2.31. The van der Waals surface area contributed by atoms with Crippen molar-refractivity contribution < 1.29 is 9.90 Å². The van der Waals surface area contributed by atoms with Gasteiger partial charge in [0, 0.05) is 5.02 Å². The molecular formula is C12H13ClO2. The second-order valence-electron chi connectivity index (χ2n) is 3.64. The molecule has 15 heavy (non-hydrogen) atoms. The van der Waals surface area contributed by atoms with E-state index >= 15 is 0 Å². The van der Waals surface area contributed by atoms with Crippen molar-refractivity contribution in [1.29, 1.82) is 0 Å². The normalized spacial score (nSPS) is 14.3. The minimum Gasteiger partial charge on any atom is -0.481 e. The third-order valence-corrected chi connectivity index (χ3v) is 2.76. The van der Waals surface area contributed by atoms with Crippen molar-refractivity contribution in [2.75, 3.05) is 0 Å². The van der Waals surface area contributed by atoms with Gasteiger partial charge in [-0.05, 0) is 31.0 Å². The van der Waals surface area contributed by atoms with Crippen molar-refractivity contribution in [3.8, 4) is 0 Å². The summed E-state index contributed by atoms with van der Waals surface area (Å²) >= 11 is 5.75. The molecule has 0 aliphatic rings. The van der Waals surface area contributed by atoms with Gasteiger partial charge in [-0.3, -0.25) is 4.79 Å². The van der Waals surface area contributed by atoms with E-state index in [9.17, 15) is 9.90 Å². The molecule has 0 radical (unpaired) electrons. The van der Waals surface area contributed by atoms with Crippen LogP contribution in [-0.2, 0) is 10.2 Å². The lowest BCUT2D eigenvalue weighted by atomic mass is 9.80. The second kappa shape index (κ2) is 4.49. The number of hydrogen-bond acceptors (Lipinski definition) is 1. The maximum absolute atomic E-state index is 11.2. The van der Waals surface area contributed by atoms with E-state index in [1.807, 2.05) is 0 Å². The summed E-state index contributed by atoms with van der Waals surface area (Å²) in [4.78, 5) is 11.2. The predicted octanol–water partition coefficient (Wildman–Crippen LogP) is 3.26. The fourth-order valence-electron chi connectivity index (χ4n) is 1.44. The van der Waals surface area contributed by atoms with Crippen LogP contribution in [0.5, 0.6) is 0 Å². The molecule has 0 bridgehead atoms. The molecule has 1 unspecified atom stereocenters. The molecule has 0 saturated carbocycles. The molecule has 0 aliphatic heterocycles. The van der Waals surface area contributed by atoms with E-state index in [4.69, 9.17) is 11.6 Å². The lowest BCUT2D eigenvalue weighted by molar-refractivity contribution is -0.143. The zero-order chi connectivity index (χ0) is 11.5. The summed E-state index contributed by atoms with van der Waals surface area (Å²) in [5, 5.41) is 9.81. The van der Waals surface area contributed by atoms with Gasteiger partial charge in [0.1, 0.15) is 0 Å². The van der Waals surface area contributed by atoms with E-state index in [2.05, 4.69) is 6.58 Å². The number of halogens is 1. The zero-order valence-electron chi connectivity index (χ0n) is 8.53. The molecule has 0 amide bonds. The van der Waals surface area contributed by atoms with Crippen molar-refractivity contribution in [3.05, 3.63) is 47.5 Å². The minimum absolute atomic E-state index is 0.393. The van der Waals surface area contributed by atoms with Gasteiger partial charge in [0.15, 0.2) is 0 Å². The first-order valence-corrected chi connectivity index (χ1v) is 4.99. The Kier molecular flexibility index (Phi) is 3.53. The molecule has 80 valence electrons. The fraction of sp³-hybridized carbons (Fsp3) is 0.250. The molecule has 1 rings (SSSR count). The molecule has 0 spiro atoms. The Morgan fingerprint density at radius 2 is 2.07 bits per heavy atom. The predicted molar refractivity (Wildman–Crippen MR) is 61.3 cm³/mol. The molecule has 1 aromatic carbocycles. The van der Waals surface area contributed by atoms with E-state index in [0.717, 1.165) is 5.56 Å². The smallest absolute Gasteiger partial charge is 0.314 e. The van der Waals surface area contributed by atoms with Crippen LogP contribution in [0.2, 0.25) is 5.02 Å². The molecule has 0 aliphatic carbocycles. The van der Waals surface area contributed by atoms with Gasteiger partial charge in [-0.25, -0.2) is 0 Å². The van der Waals surface area contributed by atoms with E-state index in [0.29, 0.717) is 11.4 Å². The van der Waals surface area contributed by atoms with Gasteiger partial charge < -0.3 is 5.11 Å². The van der Waals surface area contributed by atoms with Gasteiger partial charge in [-0.15, -0.1) is 6.58 Å². The molecule has 0 fully saturated rings. The first-order valence-electron chi connectivity index (χ1n) is 4.61. The van der Waals surface area contributed by atoms with Crippen molar-refractivity contribution in [2.24, 2.45) is 0 Å². The highest BCUT2D eigenvalue weighted by atomic mass is 35.5. The van der Waals surface area contributed by atoms with Gasteiger partial charge >= 0.3 is 5.97 Å². The molecule has 3 heteroatoms. The Labute approximate surface area is 94.2 Å². The Morgan fingerprint density at radius 3 is 2.47 bits per heavy atom. The van der Waals surface area contributed by atoms with Crippen LogP contribution in [0, 0.1) is 0 Å². The lowest BCUT2D eigenvalue weighted by Gasteiger charge is -2.23. The summed E-state index contributed by atoms with van der Waals surface area (Å²) in [6.07, 6.45) is 2.01. The van der Waals surface area contributed by atoms with Crippen LogP contribution in [0.15, 0.2) is 36.9 Å². The molecule has 1 aromatic rings. The molecule has 0 aromatic heterocycles. The number of carbonyl (C=O) groups is 1. The molecular weight excluding hydrogens is 212 g/mol. The van der Waals surface area contributed by atoms with Crippen molar-refractivity contribution >= 4 is 17.6 Å². The Morgan fingerprint density at radius 1 is 1.53 bits per heavy atom. The average Bonchev–Trinajstić information content (AvgIpc) is 2.18. The molecule has 2 nitrogen and oxygen atoms in total. The first kappa shape index (κ1) is 11.8. The number of carboxylic acids is 1. The van der Waals surface area contributed by atoms with E-state index in [-0.39, 0.29) is 0 Å². The van der Waals surface area contributed by atoms with E-state index in [1.165, 1.54) is 0 Å². The standard InChI is InChI=1S/C12H13ClO2/c1-3-8-12(2,11(14)15)9-4-6-10(13)7-5-9/h3-7H,1,8H2,2H3,(H,14,15). The highest BCUT2D eigenvalue weighted by Crippen LogP contribution is 2.29. The highest BCUT2D eigenvalue weighted by Gasteiger charge is 2.33. The number of rotatable bonds is 4. The minimum atomic E-state index is -0.924. The van der Waals surface area contributed by atoms with Gasteiger partial charge in [-0.2, -0.15) is 0 Å². The third-order valence-electron chi connectivity index (χ3n) is 2.51. The Bertz CT molecular complexity index is 370. The van der Waals surface area contributed by atoms with E-state index < -0.39 is 11.4 Å². The van der Waals surface area contributed by atoms with Crippen molar-refractivity contribution in [1.82, 2.24) is 0 Å².